The van der Waals surface area contributed by atoms with E-state index >= 15 is 0 Å². The highest BCUT2D eigenvalue weighted by Crippen LogP contribution is 2.22. The quantitative estimate of drug-likeness (QED) is 0.445. The Balaban J connectivity index is 2.02. The van der Waals surface area contributed by atoms with Crippen LogP contribution in [0, 0.1) is 0 Å². The highest BCUT2D eigenvalue weighted by atomic mass is 16.7. The van der Waals surface area contributed by atoms with Gasteiger partial charge in [0, 0.05) is 13.1 Å². The van der Waals surface area contributed by atoms with Crippen LogP contribution in [0.2, 0.25) is 0 Å². The van der Waals surface area contributed by atoms with Crippen LogP contribution in [0.5, 0.6) is 5.75 Å². The first-order chi connectivity index (χ1) is 14.6. The van der Waals surface area contributed by atoms with Crippen molar-refractivity contribution in [2.24, 2.45) is 0 Å². The average molecular weight is 443 g/mol. The van der Waals surface area contributed by atoms with Crippen molar-refractivity contribution < 1.29 is 44.2 Å². The molecule has 176 valence electrons. The molecule has 0 saturated carbocycles. The van der Waals surface area contributed by atoms with Crippen molar-refractivity contribution in [1.29, 1.82) is 0 Å². The van der Waals surface area contributed by atoms with Gasteiger partial charge in [0.15, 0.2) is 6.29 Å². The summed E-state index contributed by atoms with van der Waals surface area (Å²) in [6.07, 6.45) is -7.37. The molecular weight excluding hydrogens is 410 g/mol. The van der Waals surface area contributed by atoms with E-state index in [2.05, 4.69) is 0 Å². The molecule has 10 heteroatoms. The van der Waals surface area contributed by atoms with Crippen LogP contribution >= 0.6 is 0 Å². The number of rotatable bonds is 8. The Morgan fingerprint density at radius 3 is 2.29 bits per heavy atom. The number of hydrogen-bond acceptors (Lipinski definition) is 9. The van der Waals surface area contributed by atoms with Crippen LogP contribution in [0.25, 0.3) is 0 Å². The minimum Gasteiger partial charge on any atom is -0.497 e. The number of methoxy groups -OCH3 is 1. The zero-order valence-electron chi connectivity index (χ0n) is 18.3. The second-order valence-corrected chi connectivity index (χ2v) is 8.32. The maximum Gasteiger partial charge on any atom is 0.410 e. The molecule has 10 nitrogen and oxygen atoms in total. The Hall–Kier alpha value is -1.95. The van der Waals surface area contributed by atoms with Crippen molar-refractivity contribution in [2.75, 3.05) is 26.9 Å². The predicted molar refractivity (Wildman–Crippen MR) is 109 cm³/mol. The summed E-state index contributed by atoms with van der Waals surface area (Å²) in [4.78, 5) is 14.1. The van der Waals surface area contributed by atoms with Gasteiger partial charge in [-0.25, -0.2) is 4.79 Å². The van der Waals surface area contributed by atoms with Crippen molar-refractivity contribution in [3.63, 3.8) is 0 Å². The third-order valence-corrected chi connectivity index (χ3v) is 4.68. The third kappa shape index (κ3) is 7.30. The summed E-state index contributed by atoms with van der Waals surface area (Å²) in [6, 6.07) is 7.23. The molecule has 1 fully saturated rings. The van der Waals surface area contributed by atoms with Crippen LogP contribution in [0.4, 0.5) is 4.79 Å². The van der Waals surface area contributed by atoms with Crippen molar-refractivity contribution >= 4 is 6.09 Å². The summed E-state index contributed by atoms with van der Waals surface area (Å²) in [5, 5.41) is 39.0. The third-order valence-electron chi connectivity index (χ3n) is 4.68. The van der Waals surface area contributed by atoms with E-state index in [9.17, 15) is 25.2 Å². The molecule has 31 heavy (non-hydrogen) atoms. The lowest BCUT2D eigenvalue weighted by molar-refractivity contribution is -0.301. The number of benzene rings is 1. The monoisotopic (exact) mass is 443 g/mol. The summed E-state index contributed by atoms with van der Waals surface area (Å²) >= 11 is 0. The number of amides is 1. The second-order valence-electron chi connectivity index (χ2n) is 8.32. The SMILES string of the molecule is COc1ccc(CN(CCOC2OC(CO)C(O)C(O)C2O)C(=O)OC(C)(C)C)cc1. The molecule has 1 saturated heterocycles. The molecule has 0 aromatic heterocycles. The van der Waals surface area contributed by atoms with Crippen LogP contribution < -0.4 is 4.74 Å². The summed E-state index contributed by atoms with van der Waals surface area (Å²) in [5.41, 5.74) is 0.160. The van der Waals surface area contributed by atoms with Gasteiger partial charge in [-0.15, -0.1) is 0 Å². The topological polar surface area (TPSA) is 138 Å². The maximum atomic E-state index is 12.7. The van der Waals surface area contributed by atoms with Gasteiger partial charge in [-0.2, -0.15) is 0 Å². The molecule has 5 atom stereocenters. The van der Waals surface area contributed by atoms with Gasteiger partial charge in [0.1, 0.15) is 35.8 Å². The molecule has 0 aliphatic carbocycles. The maximum absolute atomic E-state index is 12.7. The van der Waals surface area contributed by atoms with E-state index in [-0.39, 0.29) is 19.7 Å². The number of carbonyl (C=O) groups excluding carboxylic acids is 1. The van der Waals surface area contributed by atoms with E-state index in [1.165, 1.54) is 4.90 Å². The summed E-state index contributed by atoms with van der Waals surface area (Å²) in [6.45, 7) is 5.06. The highest BCUT2D eigenvalue weighted by molar-refractivity contribution is 5.68. The van der Waals surface area contributed by atoms with E-state index in [0.29, 0.717) is 5.75 Å². The standard InChI is InChI=1S/C21H33NO9/c1-21(2,3)31-20(27)22(11-13-5-7-14(28-4)8-6-13)9-10-29-19-18(26)17(25)16(24)15(12-23)30-19/h5-8,15-19,23-26H,9-12H2,1-4H3. The fraction of sp³-hybridized carbons (Fsp3) is 0.667. The smallest absolute Gasteiger partial charge is 0.410 e. The lowest BCUT2D eigenvalue weighted by atomic mass is 9.99. The minimum absolute atomic E-state index is 0.0436. The largest absolute Gasteiger partial charge is 0.497 e. The molecule has 5 unspecified atom stereocenters. The van der Waals surface area contributed by atoms with Crippen LogP contribution in [-0.4, -0.2) is 94.6 Å². The van der Waals surface area contributed by atoms with Gasteiger partial charge in [0.05, 0.1) is 20.3 Å². The Morgan fingerprint density at radius 1 is 1.10 bits per heavy atom. The minimum atomic E-state index is -1.53. The first kappa shape index (κ1) is 25.3. The molecule has 1 aromatic rings. The number of aliphatic hydroxyl groups is 4. The van der Waals surface area contributed by atoms with E-state index in [1.54, 1.807) is 40.0 Å². The molecule has 1 amide bonds. The van der Waals surface area contributed by atoms with Gasteiger partial charge in [-0.05, 0) is 38.5 Å². The fourth-order valence-corrected chi connectivity index (χ4v) is 3.00. The lowest BCUT2D eigenvalue weighted by Gasteiger charge is -2.39. The first-order valence-corrected chi connectivity index (χ1v) is 10.1. The zero-order chi connectivity index (χ0) is 23.2. The summed E-state index contributed by atoms with van der Waals surface area (Å²) < 4.78 is 21.4. The second kappa shape index (κ2) is 11.1. The van der Waals surface area contributed by atoms with Gasteiger partial charge in [0.25, 0.3) is 0 Å². The summed E-state index contributed by atoms with van der Waals surface area (Å²) in [5.74, 6) is 0.693. The van der Waals surface area contributed by atoms with Gasteiger partial charge in [-0.1, -0.05) is 12.1 Å². The fourth-order valence-electron chi connectivity index (χ4n) is 3.00. The lowest BCUT2D eigenvalue weighted by Crippen LogP contribution is -2.59. The summed E-state index contributed by atoms with van der Waals surface area (Å²) in [7, 11) is 1.57. The Labute approximate surface area is 181 Å². The van der Waals surface area contributed by atoms with Crippen molar-refractivity contribution in [3.05, 3.63) is 29.8 Å². The molecular formula is C21H33NO9. The molecule has 0 radical (unpaired) electrons. The molecule has 2 rings (SSSR count). The Kier molecular flexibility index (Phi) is 9.04. The first-order valence-electron chi connectivity index (χ1n) is 10.1. The van der Waals surface area contributed by atoms with Gasteiger partial charge < -0.3 is 44.3 Å². The number of hydrogen-bond donors (Lipinski definition) is 4. The molecule has 0 spiro atoms. The highest BCUT2D eigenvalue weighted by Gasteiger charge is 2.44. The van der Waals surface area contributed by atoms with E-state index in [4.69, 9.17) is 18.9 Å². The average Bonchev–Trinajstić information content (AvgIpc) is 2.72. The number of nitrogens with zero attached hydrogens (tertiary/aromatic N) is 1. The van der Waals surface area contributed by atoms with Crippen molar-refractivity contribution in [2.45, 2.75) is 63.6 Å². The molecule has 1 aliphatic heterocycles. The van der Waals surface area contributed by atoms with Gasteiger partial charge in [-0.3, -0.25) is 0 Å². The van der Waals surface area contributed by atoms with Gasteiger partial charge >= 0.3 is 6.09 Å². The Morgan fingerprint density at radius 2 is 1.74 bits per heavy atom. The molecule has 1 heterocycles. The van der Waals surface area contributed by atoms with E-state index in [1.807, 2.05) is 12.1 Å². The molecule has 0 bridgehead atoms. The van der Waals surface area contributed by atoms with E-state index < -0.39 is 49.0 Å². The molecule has 4 N–H and O–H groups in total. The van der Waals surface area contributed by atoms with Crippen LogP contribution in [0.1, 0.15) is 26.3 Å². The van der Waals surface area contributed by atoms with Crippen LogP contribution in [0.15, 0.2) is 24.3 Å². The zero-order valence-corrected chi connectivity index (χ0v) is 18.3. The predicted octanol–water partition coefficient (Wildman–Crippen LogP) is 0.249. The van der Waals surface area contributed by atoms with E-state index in [0.717, 1.165) is 5.56 Å². The van der Waals surface area contributed by atoms with Crippen LogP contribution in [-0.2, 0) is 20.8 Å². The molecule has 1 aromatic carbocycles. The Bertz CT molecular complexity index is 689. The van der Waals surface area contributed by atoms with Crippen LogP contribution in [0.3, 0.4) is 0 Å². The van der Waals surface area contributed by atoms with Crippen molar-refractivity contribution in [1.82, 2.24) is 4.90 Å². The molecule has 1 aliphatic rings. The number of aliphatic hydroxyl groups excluding tert-OH is 4. The normalized spacial score (nSPS) is 26.4. The van der Waals surface area contributed by atoms with Gasteiger partial charge in [0.2, 0.25) is 0 Å². The van der Waals surface area contributed by atoms with Crippen molar-refractivity contribution in [3.8, 4) is 5.75 Å². The number of carbonyl (C=O) groups is 1. The number of ether oxygens (including phenoxy) is 4.